The largest absolute Gasteiger partial charge is 0.478 e. The Bertz CT molecular complexity index is 781. The third-order valence-corrected chi connectivity index (χ3v) is 4.17. The first-order chi connectivity index (χ1) is 12.5. The van der Waals surface area contributed by atoms with Crippen molar-refractivity contribution in [2.75, 3.05) is 6.54 Å². The van der Waals surface area contributed by atoms with Crippen LogP contribution >= 0.6 is 0 Å². The fourth-order valence-electron chi connectivity index (χ4n) is 2.59. The predicted octanol–water partition coefficient (Wildman–Crippen LogP) is 3.27. The summed E-state index contributed by atoms with van der Waals surface area (Å²) in [6.07, 6.45) is 1.78. The summed E-state index contributed by atoms with van der Waals surface area (Å²) in [4.78, 5) is 34.9. The standard InChI is InChI=1S/C21H23NO4/c1-2-15-6-8-17(9-7-15)19(23)10-11-20(24)22-13-12-16-4-3-5-18(14-16)21(25)26/h3-9,14H,2,10-13H2,1H3,(H,22,24)(H,25,26). The van der Waals surface area contributed by atoms with E-state index in [1.165, 1.54) is 11.6 Å². The molecule has 5 heteroatoms. The van der Waals surface area contributed by atoms with Gasteiger partial charge < -0.3 is 10.4 Å². The van der Waals surface area contributed by atoms with Crippen molar-refractivity contribution in [1.29, 1.82) is 0 Å². The highest BCUT2D eigenvalue weighted by Gasteiger charge is 2.09. The van der Waals surface area contributed by atoms with Gasteiger partial charge in [0.05, 0.1) is 5.56 Å². The van der Waals surface area contributed by atoms with Gasteiger partial charge in [0.25, 0.3) is 0 Å². The van der Waals surface area contributed by atoms with Gasteiger partial charge in [-0.25, -0.2) is 4.79 Å². The van der Waals surface area contributed by atoms with Gasteiger partial charge in [0.1, 0.15) is 0 Å². The van der Waals surface area contributed by atoms with Crippen LogP contribution in [0.4, 0.5) is 0 Å². The van der Waals surface area contributed by atoms with Crippen LogP contribution in [0.5, 0.6) is 0 Å². The van der Waals surface area contributed by atoms with E-state index in [1.807, 2.05) is 18.2 Å². The molecule has 0 radical (unpaired) electrons. The molecule has 0 aliphatic carbocycles. The molecule has 2 aromatic rings. The number of carbonyl (C=O) groups is 3. The van der Waals surface area contributed by atoms with E-state index in [0.717, 1.165) is 12.0 Å². The molecule has 0 fully saturated rings. The highest BCUT2D eigenvalue weighted by Crippen LogP contribution is 2.09. The number of carboxylic acids is 1. The number of carboxylic acid groups (broad SMARTS) is 1. The van der Waals surface area contributed by atoms with Gasteiger partial charge in [-0.2, -0.15) is 0 Å². The van der Waals surface area contributed by atoms with Crippen molar-refractivity contribution in [2.45, 2.75) is 32.6 Å². The lowest BCUT2D eigenvalue weighted by Crippen LogP contribution is -2.26. The quantitative estimate of drug-likeness (QED) is 0.678. The molecule has 2 aromatic carbocycles. The minimum absolute atomic E-state index is 0.0445. The van der Waals surface area contributed by atoms with Gasteiger partial charge in [-0.1, -0.05) is 43.3 Å². The molecule has 1 amide bonds. The number of ketones is 1. The first-order valence-electron chi connectivity index (χ1n) is 8.70. The third-order valence-electron chi connectivity index (χ3n) is 4.17. The molecule has 0 aliphatic rings. The molecule has 0 atom stereocenters. The minimum atomic E-state index is -0.971. The Labute approximate surface area is 153 Å². The number of Topliss-reactive ketones (excluding diaryl/α,β-unsaturated/α-hetero) is 1. The second-order valence-electron chi connectivity index (χ2n) is 6.08. The van der Waals surface area contributed by atoms with E-state index in [0.29, 0.717) is 18.5 Å². The van der Waals surface area contributed by atoms with E-state index in [4.69, 9.17) is 5.11 Å². The molecule has 0 heterocycles. The SMILES string of the molecule is CCc1ccc(C(=O)CCC(=O)NCCc2cccc(C(=O)O)c2)cc1. The van der Waals surface area contributed by atoms with Crippen LogP contribution in [-0.4, -0.2) is 29.3 Å². The van der Waals surface area contributed by atoms with E-state index in [2.05, 4.69) is 12.2 Å². The smallest absolute Gasteiger partial charge is 0.335 e. The number of rotatable bonds is 9. The normalized spacial score (nSPS) is 10.3. The van der Waals surface area contributed by atoms with E-state index in [9.17, 15) is 14.4 Å². The fourth-order valence-corrected chi connectivity index (χ4v) is 2.59. The lowest BCUT2D eigenvalue weighted by Gasteiger charge is -2.06. The number of aromatic carboxylic acids is 1. The highest BCUT2D eigenvalue weighted by molar-refractivity contribution is 5.98. The molecule has 0 unspecified atom stereocenters. The Morgan fingerprint density at radius 3 is 2.31 bits per heavy atom. The van der Waals surface area contributed by atoms with Crippen LogP contribution in [-0.2, 0) is 17.6 Å². The van der Waals surface area contributed by atoms with Crippen LogP contribution in [0.25, 0.3) is 0 Å². The Morgan fingerprint density at radius 1 is 0.923 bits per heavy atom. The van der Waals surface area contributed by atoms with Crippen molar-refractivity contribution in [3.05, 3.63) is 70.8 Å². The topological polar surface area (TPSA) is 83.5 Å². The molecular formula is C21H23NO4. The van der Waals surface area contributed by atoms with Crippen LogP contribution in [0, 0.1) is 0 Å². The second kappa shape index (κ2) is 9.51. The summed E-state index contributed by atoms with van der Waals surface area (Å²) in [5, 5.41) is 11.7. The molecule has 26 heavy (non-hydrogen) atoms. The molecule has 0 aliphatic heterocycles. The van der Waals surface area contributed by atoms with Crippen LogP contribution in [0.2, 0.25) is 0 Å². The van der Waals surface area contributed by atoms with E-state index in [-0.39, 0.29) is 30.1 Å². The van der Waals surface area contributed by atoms with Gasteiger partial charge in [-0.05, 0) is 36.1 Å². The Balaban J connectivity index is 1.74. The molecule has 0 aromatic heterocycles. The molecule has 136 valence electrons. The number of carbonyl (C=O) groups excluding carboxylic acids is 2. The van der Waals surface area contributed by atoms with Gasteiger partial charge in [-0.15, -0.1) is 0 Å². The average molecular weight is 353 g/mol. The maximum absolute atomic E-state index is 12.1. The molecular weight excluding hydrogens is 330 g/mol. The minimum Gasteiger partial charge on any atom is -0.478 e. The van der Waals surface area contributed by atoms with Gasteiger partial charge >= 0.3 is 5.97 Å². The van der Waals surface area contributed by atoms with E-state index < -0.39 is 5.97 Å². The number of amides is 1. The van der Waals surface area contributed by atoms with Crippen molar-refractivity contribution in [2.24, 2.45) is 0 Å². The summed E-state index contributed by atoms with van der Waals surface area (Å²) in [5.41, 5.74) is 2.87. The molecule has 0 saturated heterocycles. The lowest BCUT2D eigenvalue weighted by atomic mass is 10.0. The van der Waals surface area contributed by atoms with Crippen LogP contribution in [0.15, 0.2) is 48.5 Å². The van der Waals surface area contributed by atoms with Gasteiger partial charge in [0.2, 0.25) is 5.91 Å². The van der Waals surface area contributed by atoms with Crippen molar-refractivity contribution < 1.29 is 19.5 Å². The lowest BCUT2D eigenvalue weighted by molar-refractivity contribution is -0.121. The number of benzene rings is 2. The van der Waals surface area contributed by atoms with E-state index >= 15 is 0 Å². The summed E-state index contributed by atoms with van der Waals surface area (Å²) in [6, 6.07) is 14.1. The Morgan fingerprint density at radius 2 is 1.65 bits per heavy atom. The fraction of sp³-hybridized carbons (Fsp3) is 0.286. The van der Waals surface area contributed by atoms with Gasteiger partial charge in [0.15, 0.2) is 5.78 Å². The maximum Gasteiger partial charge on any atom is 0.335 e. The van der Waals surface area contributed by atoms with Gasteiger partial charge in [0, 0.05) is 24.9 Å². The van der Waals surface area contributed by atoms with Crippen LogP contribution in [0.3, 0.4) is 0 Å². The second-order valence-corrected chi connectivity index (χ2v) is 6.08. The highest BCUT2D eigenvalue weighted by atomic mass is 16.4. The zero-order chi connectivity index (χ0) is 18.9. The molecule has 0 spiro atoms. The summed E-state index contributed by atoms with van der Waals surface area (Å²) in [6.45, 7) is 2.46. The number of nitrogens with one attached hydrogen (secondary N) is 1. The Kier molecular flexibility index (Phi) is 7.09. The molecule has 0 saturated carbocycles. The van der Waals surface area contributed by atoms with Crippen LogP contribution in [0.1, 0.15) is 51.6 Å². The number of hydrogen-bond acceptors (Lipinski definition) is 3. The van der Waals surface area contributed by atoms with Crippen molar-refractivity contribution in [3.63, 3.8) is 0 Å². The maximum atomic E-state index is 12.1. The summed E-state index contributed by atoms with van der Waals surface area (Å²) in [5.74, 6) is -1.20. The molecule has 5 nitrogen and oxygen atoms in total. The van der Waals surface area contributed by atoms with E-state index in [1.54, 1.807) is 24.3 Å². The number of hydrogen-bond donors (Lipinski definition) is 2. The average Bonchev–Trinajstić information content (AvgIpc) is 2.66. The van der Waals surface area contributed by atoms with Crippen molar-refractivity contribution in [1.82, 2.24) is 5.32 Å². The Hall–Kier alpha value is -2.95. The predicted molar refractivity (Wildman–Crippen MR) is 99.5 cm³/mol. The zero-order valence-electron chi connectivity index (χ0n) is 14.8. The summed E-state index contributed by atoms with van der Waals surface area (Å²) in [7, 11) is 0. The van der Waals surface area contributed by atoms with Crippen LogP contribution < -0.4 is 5.32 Å². The summed E-state index contributed by atoms with van der Waals surface area (Å²) < 4.78 is 0. The molecule has 2 rings (SSSR count). The van der Waals surface area contributed by atoms with Crippen molar-refractivity contribution >= 4 is 17.7 Å². The first kappa shape index (κ1) is 19.4. The first-order valence-corrected chi connectivity index (χ1v) is 8.70. The molecule has 0 bridgehead atoms. The third kappa shape index (κ3) is 5.84. The zero-order valence-corrected chi connectivity index (χ0v) is 14.8. The molecule has 2 N–H and O–H groups in total. The van der Waals surface area contributed by atoms with Gasteiger partial charge in [-0.3, -0.25) is 9.59 Å². The summed E-state index contributed by atoms with van der Waals surface area (Å²) >= 11 is 0. The number of aryl methyl sites for hydroxylation is 1. The monoisotopic (exact) mass is 353 g/mol. The van der Waals surface area contributed by atoms with Crippen molar-refractivity contribution in [3.8, 4) is 0 Å².